The van der Waals surface area contributed by atoms with Gasteiger partial charge in [-0.25, -0.2) is 0 Å². The number of allylic oxidation sites excluding steroid dienone is 4. The predicted molar refractivity (Wildman–Crippen MR) is 134 cm³/mol. The third-order valence-electron chi connectivity index (χ3n) is 10.4. The van der Waals surface area contributed by atoms with Crippen molar-refractivity contribution >= 4 is 5.97 Å². The summed E-state index contributed by atoms with van der Waals surface area (Å²) in [5.74, 6) is 2.94. The number of aliphatic hydroxyl groups is 1. The van der Waals surface area contributed by atoms with Gasteiger partial charge in [0.1, 0.15) is 6.10 Å². The molecule has 3 nitrogen and oxygen atoms in total. The molecule has 0 aliphatic heterocycles. The van der Waals surface area contributed by atoms with E-state index in [4.69, 9.17) is 4.74 Å². The van der Waals surface area contributed by atoms with E-state index in [1.165, 1.54) is 30.9 Å². The summed E-state index contributed by atoms with van der Waals surface area (Å²) in [4.78, 5) is 11.5. The van der Waals surface area contributed by atoms with Gasteiger partial charge in [-0.1, -0.05) is 65.8 Å². The lowest BCUT2D eigenvalue weighted by molar-refractivity contribution is -0.163. The highest BCUT2D eigenvalue weighted by Gasteiger charge is 2.60. The number of fused-ring (bicyclic) bond motifs is 5. The maximum Gasteiger partial charge on any atom is 0.302 e. The van der Waals surface area contributed by atoms with Crippen molar-refractivity contribution in [1.82, 2.24) is 0 Å². The highest BCUT2D eigenvalue weighted by Crippen LogP contribution is 2.65. The molecular weight excluding hydrogens is 408 g/mol. The summed E-state index contributed by atoms with van der Waals surface area (Å²) >= 11 is 0. The Morgan fingerprint density at radius 1 is 1.09 bits per heavy atom. The van der Waals surface area contributed by atoms with Gasteiger partial charge in [0.05, 0.1) is 5.60 Å². The van der Waals surface area contributed by atoms with E-state index in [9.17, 15) is 9.90 Å². The second-order valence-corrected chi connectivity index (χ2v) is 12.6. The molecule has 0 aromatic heterocycles. The minimum absolute atomic E-state index is 0.165. The number of carbonyl (C=O) groups excluding carboxylic acids is 1. The molecule has 1 N–H and O–H groups in total. The SMILES string of the molecule is CC(=O)O[C@H]1CC[C@]2(C)C3=CC[C@]4(C)[C@@H]([C@H](C)/C=C/[C@H](C)C(C)C)CC[C@H]4C3=CC[C@@]2(O)C1. The van der Waals surface area contributed by atoms with Crippen molar-refractivity contribution in [3.8, 4) is 0 Å². The normalized spacial score (nSPS) is 42.2. The Balaban J connectivity index is 1.58. The monoisotopic (exact) mass is 454 g/mol. The van der Waals surface area contributed by atoms with Gasteiger partial charge in [-0.2, -0.15) is 0 Å². The van der Waals surface area contributed by atoms with Gasteiger partial charge in [0.25, 0.3) is 0 Å². The zero-order valence-corrected chi connectivity index (χ0v) is 22.0. The summed E-state index contributed by atoms with van der Waals surface area (Å²) in [6.07, 6.45) is 16.2. The van der Waals surface area contributed by atoms with Gasteiger partial charge in [0, 0.05) is 18.8 Å². The van der Waals surface area contributed by atoms with E-state index in [1.807, 2.05) is 0 Å². The smallest absolute Gasteiger partial charge is 0.302 e. The van der Waals surface area contributed by atoms with Crippen molar-refractivity contribution in [1.29, 1.82) is 0 Å². The van der Waals surface area contributed by atoms with Gasteiger partial charge in [-0.05, 0) is 84.7 Å². The van der Waals surface area contributed by atoms with Crippen LogP contribution in [0.3, 0.4) is 0 Å². The molecule has 0 saturated heterocycles. The van der Waals surface area contributed by atoms with E-state index >= 15 is 0 Å². The number of hydrogen-bond acceptors (Lipinski definition) is 3. The zero-order valence-electron chi connectivity index (χ0n) is 22.0. The zero-order chi connectivity index (χ0) is 24.2. The Morgan fingerprint density at radius 3 is 2.48 bits per heavy atom. The Labute approximate surface area is 201 Å². The quantitative estimate of drug-likeness (QED) is 0.359. The molecule has 4 rings (SSSR count). The first kappa shape index (κ1) is 24.8. The number of hydrogen-bond donors (Lipinski definition) is 1. The number of ether oxygens (including phenoxy) is 1. The second kappa shape index (κ2) is 8.70. The van der Waals surface area contributed by atoms with Crippen LogP contribution in [0.15, 0.2) is 35.5 Å². The van der Waals surface area contributed by atoms with Gasteiger partial charge in [-0.3, -0.25) is 4.79 Å². The van der Waals surface area contributed by atoms with E-state index in [1.54, 1.807) is 0 Å². The Morgan fingerprint density at radius 2 is 1.82 bits per heavy atom. The van der Waals surface area contributed by atoms with Gasteiger partial charge >= 0.3 is 5.97 Å². The molecule has 33 heavy (non-hydrogen) atoms. The molecule has 0 heterocycles. The van der Waals surface area contributed by atoms with Crippen LogP contribution in [0.25, 0.3) is 0 Å². The van der Waals surface area contributed by atoms with E-state index in [0.29, 0.717) is 47.8 Å². The minimum atomic E-state index is -0.824. The van der Waals surface area contributed by atoms with E-state index in [2.05, 4.69) is 65.8 Å². The van der Waals surface area contributed by atoms with Crippen LogP contribution < -0.4 is 0 Å². The van der Waals surface area contributed by atoms with Gasteiger partial charge < -0.3 is 9.84 Å². The summed E-state index contributed by atoms with van der Waals surface area (Å²) in [6.45, 7) is 15.6. The van der Waals surface area contributed by atoms with Crippen LogP contribution >= 0.6 is 0 Å². The first-order valence-electron chi connectivity index (χ1n) is 13.4. The summed E-state index contributed by atoms with van der Waals surface area (Å²) in [5, 5.41) is 11.8. The van der Waals surface area contributed by atoms with Crippen LogP contribution in [0, 0.1) is 40.4 Å². The van der Waals surface area contributed by atoms with E-state index < -0.39 is 5.60 Å². The summed E-state index contributed by atoms with van der Waals surface area (Å²) < 4.78 is 5.52. The maximum atomic E-state index is 11.8. The van der Waals surface area contributed by atoms with Crippen LogP contribution in [0.1, 0.15) is 93.4 Å². The van der Waals surface area contributed by atoms with Crippen LogP contribution in [-0.4, -0.2) is 22.8 Å². The van der Waals surface area contributed by atoms with Gasteiger partial charge in [0.2, 0.25) is 0 Å². The molecule has 0 amide bonds. The van der Waals surface area contributed by atoms with E-state index in [-0.39, 0.29) is 17.5 Å². The van der Waals surface area contributed by atoms with E-state index in [0.717, 1.165) is 19.3 Å². The number of carbonyl (C=O) groups is 1. The van der Waals surface area contributed by atoms with Gasteiger partial charge in [0.15, 0.2) is 0 Å². The summed E-state index contributed by atoms with van der Waals surface area (Å²) in [6, 6.07) is 0. The van der Waals surface area contributed by atoms with Crippen molar-refractivity contribution < 1.29 is 14.6 Å². The molecule has 0 radical (unpaired) electrons. The molecule has 4 aliphatic rings. The Kier molecular flexibility index (Phi) is 6.53. The average Bonchev–Trinajstić information content (AvgIpc) is 3.09. The fourth-order valence-corrected chi connectivity index (χ4v) is 7.76. The molecule has 0 aromatic rings. The summed E-state index contributed by atoms with van der Waals surface area (Å²) in [5.41, 5.74) is 2.15. The molecule has 2 fully saturated rings. The lowest BCUT2D eigenvalue weighted by atomic mass is 9.50. The topological polar surface area (TPSA) is 46.5 Å². The first-order valence-corrected chi connectivity index (χ1v) is 13.4. The number of rotatable bonds is 5. The van der Waals surface area contributed by atoms with Crippen molar-refractivity contribution in [2.45, 2.75) is 105 Å². The molecule has 0 bridgehead atoms. The Hall–Kier alpha value is -1.35. The third kappa shape index (κ3) is 4.07. The van der Waals surface area contributed by atoms with Crippen LogP contribution in [-0.2, 0) is 9.53 Å². The molecule has 3 heteroatoms. The van der Waals surface area contributed by atoms with Crippen molar-refractivity contribution in [2.75, 3.05) is 0 Å². The molecule has 0 unspecified atom stereocenters. The minimum Gasteiger partial charge on any atom is -0.462 e. The number of esters is 1. The lowest BCUT2D eigenvalue weighted by Crippen LogP contribution is -2.56. The highest BCUT2D eigenvalue weighted by atomic mass is 16.5. The molecule has 8 atom stereocenters. The molecule has 2 saturated carbocycles. The van der Waals surface area contributed by atoms with Crippen LogP contribution in [0.5, 0.6) is 0 Å². The van der Waals surface area contributed by atoms with Crippen molar-refractivity contribution in [3.05, 3.63) is 35.5 Å². The van der Waals surface area contributed by atoms with Crippen molar-refractivity contribution in [2.24, 2.45) is 40.4 Å². The average molecular weight is 455 g/mol. The molecule has 184 valence electrons. The lowest BCUT2D eigenvalue weighted by Gasteiger charge is -2.57. The first-order chi connectivity index (χ1) is 15.4. The second-order valence-electron chi connectivity index (χ2n) is 12.6. The van der Waals surface area contributed by atoms with Crippen LogP contribution in [0.2, 0.25) is 0 Å². The van der Waals surface area contributed by atoms with Crippen LogP contribution in [0.4, 0.5) is 0 Å². The standard InChI is InChI=1S/C30H46O3/c1-19(2)20(3)8-9-21(4)25-10-11-26-24-13-17-30(32)18-23(33-22(5)31)12-16-29(30,7)27(24)14-15-28(25,26)6/h8-9,13-14,19-21,23,25-26,32H,10-12,15-18H2,1-7H3/b9-8+/t20-,21+,23-,25+,26-,28+,29+,30+/m0/s1. The fraction of sp³-hybridized carbons (Fsp3) is 0.767. The Bertz CT molecular complexity index is 866. The molecule has 4 aliphatic carbocycles. The largest absolute Gasteiger partial charge is 0.462 e. The fourth-order valence-electron chi connectivity index (χ4n) is 7.76. The predicted octanol–water partition coefficient (Wildman–Crippen LogP) is 7.02. The third-order valence-corrected chi connectivity index (χ3v) is 10.4. The molecule has 0 spiro atoms. The summed E-state index contributed by atoms with van der Waals surface area (Å²) in [7, 11) is 0. The van der Waals surface area contributed by atoms with Gasteiger partial charge in [-0.15, -0.1) is 0 Å². The molecular formula is C30H46O3. The molecule has 0 aromatic carbocycles. The maximum absolute atomic E-state index is 11.8. The van der Waals surface area contributed by atoms with Crippen molar-refractivity contribution in [3.63, 3.8) is 0 Å². The highest BCUT2D eigenvalue weighted by molar-refractivity contribution is 5.66.